The second-order valence-electron chi connectivity index (χ2n) is 12.0. The average molecular weight is 513 g/mol. The van der Waals surface area contributed by atoms with E-state index in [1.54, 1.807) is 27.6 Å². The standard InChI is InChI=1S/C33H49P.ClH/c1-23(2)26-21-30(24(3)4)33(31(22-26)25(5)6)29-19-13-14-20-32(29)34(27-15-9-7-10-16-27)28-17-11-8-12-18-28;/h13-14,19-25,27-28H,7-12,15-18H2,1-6H3;1H. The molecule has 35 heavy (non-hydrogen) atoms. The molecule has 2 aliphatic carbocycles. The van der Waals surface area contributed by atoms with E-state index in [1.165, 1.54) is 69.8 Å². The first-order chi connectivity index (χ1) is 16.4. The molecular formula is C33H50ClP. The number of hydrogen-bond donors (Lipinski definition) is 0. The summed E-state index contributed by atoms with van der Waals surface area (Å²) in [5, 5.41) is 1.75. The van der Waals surface area contributed by atoms with Crippen LogP contribution < -0.4 is 5.30 Å². The van der Waals surface area contributed by atoms with Crippen molar-refractivity contribution in [2.75, 3.05) is 0 Å². The summed E-state index contributed by atoms with van der Waals surface area (Å²) in [6.07, 6.45) is 14.6. The summed E-state index contributed by atoms with van der Waals surface area (Å²) < 4.78 is 0. The van der Waals surface area contributed by atoms with E-state index in [-0.39, 0.29) is 20.3 Å². The molecule has 194 valence electrons. The molecule has 2 aromatic carbocycles. The van der Waals surface area contributed by atoms with Crippen molar-refractivity contribution in [3.05, 3.63) is 53.1 Å². The van der Waals surface area contributed by atoms with Gasteiger partial charge < -0.3 is 0 Å². The molecule has 0 bridgehead atoms. The highest BCUT2D eigenvalue weighted by atomic mass is 35.5. The summed E-state index contributed by atoms with van der Waals surface area (Å²) in [6.45, 7) is 14.3. The van der Waals surface area contributed by atoms with Gasteiger partial charge in [-0.1, -0.05) is 124 Å². The van der Waals surface area contributed by atoms with E-state index in [1.807, 2.05) is 0 Å². The van der Waals surface area contributed by atoms with Crippen molar-refractivity contribution in [3.63, 3.8) is 0 Å². The van der Waals surface area contributed by atoms with Crippen LogP contribution in [0.25, 0.3) is 11.1 Å². The molecule has 2 heteroatoms. The second kappa shape index (κ2) is 13.1. The van der Waals surface area contributed by atoms with E-state index in [0.29, 0.717) is 17.8 Å². The molecule has 0 nitrogen and oxygen atoms in total. The van der Waals surface area contributed by atoms with E-state index in [9.17, 15) is 0 Å². The van der Waals surface area contributed by atoms with Crippen LogP contribution in [0.15, 0.2) is 36.4 Å². The Morgan fingerprint density at radius 3 is 1.51 bits per heavy atom. The Kier molecular flexibility index (Phi) is 10.8. The minimum absolute atomic E-state index is 0. The quantitative estimate of drug-likeness (QED) is 0.323. The van der Waals surface area contributed by atoms with Crippen molar-refractivity contribution < 1.29 is 0 Å². The van der Waals surface area contributed by atoms with E-state index in [2.05, 4.69) is 77.9 Å². The Bertz CT molecular complexity index is 885. The van der Waals surface area contributed by atoms with Crippen LogP contribution in [0.4, 0.5) is 0 Å². The summed E-state index contributed by atoms with van der Waals surface area (Å²) in [5.74, 6) is 1.64. The molecule has 0 radical (unpaired) electrons. The van der Waals surface area contributed by atoms with Crippen LogP contribution in [0, 0.1) is 0 Å². The Balaban J connectivity index is 0.00000342. The van der Waals surface area contributed by atoms with E-state index < -0.39 is 0 Å². The summed E-state index contributed by atoms with van der Waals surface area (Å²) in [4.78, 5) is 0. The zero-order valence-corrected chi connectivity index (χ0v) is 25.0. The van der Waals surface area contributed by atoms with Gasteiger partial charge in [-0.2, -0.15) is 0 Å². The molecule has 0 saturated heterocycles. The fraction of sp³-hybridized carbons (Fsp3) is 0.636. The van der Waals surface area contributed by atoms with Crippen molar-refractivity contribution in [1.29, 1.82) is 0 Å². The van der Waals surface area contributed by atoms with Crippen molar-refractivity contribution in [2.45, 2.75) is 135 Å². The van der Waals surface area contributed by atoms with Gasteiger partial charge in [0.2, 0.25) is 0 Å². The minimum Gasteiger partial charge on any atom is -0.147 e. The van der Waals surface area contributed by atoms with Gasteiger partial charge in [-0.15, -0.1) is 12.4 Å². The van der Waals surface area contributed by atoms with Gasteiger partial charge in [0.05, 0.1) is 0 Å². The van der Waals surface area contributed by atoms with Crippen LogP contribution >= 0.6 is 20.3 Å². The average Bonchev–Trinajstić information content (AvgIpc) is 2.85. The first-order valence-electron chi connectivity index (χ1n) is 14.4. The highest BCUT2D eigenvalue weighted by Gasteiger charge is 2.34. The number of halogens is 1. The smallest absolute Gasteiger partial charge is 0.0101 e. The predicted molar refractivity (Wildman–Crippen MR) is 162 cm³/mol. The highest BCUT2D eigenvalue weighted by molar-refractivity contribution is 7.67. The normalized spacial score (nSPS) is 18.0. The molecule has 0 unspecified atom stereocenters. The molecule has 4 rings (SSSR count). The fourth-order valence-corrected chi connectivity index (χ4v) is 10.5. The Hall–Kier alpha value is -0.840. The Morgan fingerprint density at radius 2 is 1.09 bits per heavy atom. The van der Waals surface area contributed by atoms with Crippen LogP contribution in [0.5, 0.6) is 0 Å². The fourth-order valence-electron chi connectivity index (χ4n) is 6.59. The van der Waals surface area contributed by atoms with Gasteiger partial charge in [0.1, 0.15) is 0 Å². The molecule has 0 heterocycles. The SMILES string of the molecule is CC(C)c1cc(C(C)C)c(-c2ccccc2P(C2CCCCC2)C2CCCCC2)c(C(C)C)c1.Cl. The van der Waals surface area contributed by atoms with Gasteiger partial charge in [-0.05, 0) is 87.9 Å². The van der Waals surface area contributed by atoms with Crippen LogP contribution in [-0.4, -0.2) is 11.3 Å². The van der Waals surface area contributed by atoms with Crippen molar-refractivity contribution in [2.24, 2.45) is 0 Å². The number of rotatable bonds is 7. The third-order valence-corrected chi connectivity index (χ3v) is 12.1. The molecule has 0 aromatic heterocycles. The van der Waals surface area contributed by atoms with Crippen molar-refractivity contribution in [3.8, 4) is 11.1 Å². The lowest BCUT2D eigenvalue weighted by atomic mass is 9.82. The summed E-state index contributed by atoms with van der Waals surface area (Å²) in [5.41, 5.74) is 9.71. The van der Waals surface area contributed by atoms with Crippen molar-refractivity contribution >= 4 is 25.6 Å². The molecular weight excluding hydrogens is 463 g/mol. The maximum Gasteiger partial charge on any atom is -0.0101 e. The molecule has 0 spiro atoms. The van der Waals surface area contributed by atoms with Gasteiger partial charge in [-0.3, -0.25) is 0 Å². The van der Waals surface area contributed by atoms with Crippen molar-refractivity contribution in [1.82, 2.24) is 0 Å². The lowest BCUT2D eigenvalue weighted by molar-refractivity contribution is 0.487. The van der Waals surface area contributed by atoms with E-state index in [4.69, 9.17) is 0 Å². The molecule has 2 fully saturated rings. The van der Waals surface area contributed by atoms with E-state index >= 15 is 0 Å². The van der Waals surface area contributed by atoms with Gasteiger partial charge in [0, 0.05) is 0 Å². The number of benzene rings is 2. The summed E-state index contributed by atoms with van der Waals surface area (Å²) in [7, 11) is -0.120. The molecule has 0 aliphatic heterocycles. The molecule has 2 aliphatic rings. The summed E-state index contributed by atoms with van der Waals surface area (Å²) >= 11 is 0. The first kappa shape index (κ1) is 28.7. The first-order valence-corrected chi connectivity index (χ1v) is 15.9. The van der Waals surface area contributed by atoms with Crippen LogP contribution in [0.3, 0.4) is 0 Å². The van der Waals surface area contributed by atoms with Gasteiger partial charge >= 0.3 is 0 Å². The molecule has 0 N–H and O–H groups in total. The lowest BCUT2D eigenvalue weighted by Gasteiger charge is -2.40. The highest BCUT2D eigenvalue weighted by Crippen LogP contribution is 2.56. The molecule has 2 aromatic rings. The topological polar surface area (TPSA) is 0 Å². The van der Waals surface area contributed by atoms with Gasteiger partial charge in [-0.25, -0.2) is 0 Å². The molecule has 0 atom stereocenters. The molecule has 2 saturated carbocycles. The zero-order chi connectivity index (χ0) is 24.2. The van der Waals surface area contributed by atoms with Gasteiger partial charge in [0.25, 0.3) is 0 Å². The van der Waals surface area contributed by atoms with Crippen LogP contribution in [0.1, 0.15) is 140 Å². The lowest BCUT2D eigenvalue weighted by Crippen LogP contribution is -2.27. The Morgan fingerprint density at radius 1 is 0.629 bits per heavy atom. The third-order valence-electron chi connectivity index (χ3n) is 8.52. The zero-order valence-electron chi connectivity index (χ0n) is 23.3. The predicted octanol–water partition coefficient (Wildman–Crippen LogP) is 10.9. The maximum atomic E-state index is 2.56. The second-order valence-corrected chi connectivity index (χ2v) is 14.8. The Labute approximate surface area is 224 Å². The van der Waals surface area contributed by atoms with Crippen LogP contribution in [-0.2, 0) is 0 Å². The molecule has 0 amide bonds. The van der Waals surface area contributed by atoms with Gasteiger partial charge in [0.15, 0.2) is 0 Å². The minimum atomic E-state index is -0.120. The van der Waals surface area contributed by atoms with E-state index in [0.717, 1.165) is 11.3 Å². The third kappa shape index (κ3) is 6.54. The maximum absolute atomic E-state index is 2.56. The van der Waals surface area contributed by atoms with Crippen LogP contribution in [0.2, 0.25) is 0 Å². The summed E-state index contributed by atoms with van der Waals surface area (Å²) in [6, 6.07) is 14.8. The largest absolute Gasteiger partial charge is 0.147 e. The monoisotopic (exact) mass is 512 g/mol. The number of hydrogen-bond acceptors (Lipinski definition) is 0.